The molecule has 2 aliphatic rings. The first-order valence-corrected chi connectivity index (χ1v) is 9.35. The zero-order chi connectivity index (χ0) is 15.0. The minimum absolute atomic E-state index is 0.0639. The number of sulfonamides is 1. The van der Waals surface area contributed by atoms with E-state index >= 15 is 0 Å². The van der Waals surface area contributed by atoms with Gasteiger partial charge in [0.15, 0.2) is 0 Å². The van der Waals surface area contributed by atoms with Crippen LogP contribution in [0, 0.1) is 11.8 Å². The maximum Gasteiger partial charge on any atom is 0.240 e. The molecule has 1 aliphatic carbocycles. The summed E-state index contributed by atoms with van der Waals surface area (Å²) in [5, 5.41) is 3.29. The Hall–Kier alpha value is -1.07. The summed E-state index contributed by atoms with van der Waals surface area (Å²) in [6.45, 7) is 5.25. The largest absolute Gasteiger partial charge is 0.385 e. The number of benzene rings is 1. The highest BCUT2D eigenvalue weighted by atomic mass is 32.2. The number of anilines is 1. The van der Waals surface area contributed by atoms with Gasteiger partial charge < -0.3 is 5.32 Å². The molecule has 3 rings (SSSR count). The minimum atomic E-state index is -3.42. The van der Waals surface area contributed by atoms with Gasteiger partial charge in [0.2, 0.25) is 10.0 Å². The summed E-state index contributed by atoms with van der Waals surface area (Å²) in [4.78, 5) is 0.377. The van der Waals surface area contributed by atoms with Crippen LogP contribution in [-0.2, 0) is 16.4 Å². The van der Waals surface area contributed by atoms with Gasteiger partial charge in [-0.1, -0.05) is 19.9 Å². The maximum atomic E-state index is 12.6. The molecular formula is C16H24N2O2S. The lowest BCUT2D eigenvalue weighted by Gasteiger charge is -2.21. The van der Waals surface area contributed by atoms with Crippen molar-refractivity contribution in [3.8, 4) is 0 Å². The maximum absolute atomic E-state index is 12.6. The predicted octanol–water partition coefficient (Wildman–Crippen LogP) is 2.76. The van der Waals surface area contributed by atoms with Crippen molar-refractivity contribution in [1.29, 1.82) is 0 Å². The molecule has 0 saturated heterocycles. The number of nitrogens with one attached hydrogen (secondary N) is 2. The lowest BCUT2D eigenvalue weighted by Crippen LogP contribution is -2.37. The lowest BCUT2D eigenvalue weighted by atomic mass is 9.98. The van der Waals surface area contributed by atoms with Crippen molar-refractivity contribution >= 4 is 15.7 Å². The lowest BCUT2D eigenvalue weighted by molar-refractivity contribution is 0.402. The van der Waals surface area contributed by atoms with E-state index in [9.17, 15) is 8.42 Å². The number of hydrogen-bond donors (Lipinski definition) is 2. The molecular weight excluding hydrogens is 284 g/mol. The fourth-order valence-corrected chi connectivity index (χ4v) is 4.79. The van der Waals surface area contributed by atoms with E-state index in [2.05, 4.69) is 23.9 Å². The Morgan fingerprint density at radius 1 is 1.24 bits per heavy atom. The van der Waals surface area contributed by atoms with Gasteiger partial charge in [0.25, 0.3) is 0 Å². The number of aryl methyl sites for hydroxylation is 1. The van der Waals surface area contributed by atoms with Crippen LogP contribution in [0.15, 0.2) is 23.1 Å². The van der Waals surface area contributed by atoms with Gasteiger partial charge in [0.1, 0.15) is 0 Å². The second-order valence-corrected chi connectivity index (χ2v) is 8.20. The Morgan fingerprint density at radius 3 is 2.76 bits per heavy atom. The second-order valence-electron chi connectivity index (χ2n) is 6.49. The summed E-state index contributed by atoms with van der Waals surface area (Å²) < 4.78 is 28.1. The van der Waals surface area contributed by atoms with Gasteiger partial charge >= 0.3 is 0 Å². The van der Waals surface area contributed by atoms with Crippen LogP contribution >= 0.6 is 0 Å². The van der Waals surface area contributed by atoms with Crippen LogP contribution in [0.4, 0.5) is 5.69 Å². The van der Waals surface area contributed by atoms with Crippen LogP contribution in [0.3, 0.4) is 0 Å². The van der Waals surface area contributed by atoms with Crippen LogP contribution in [0.5, 0.6) is 0 Å². The Morgan fingerprint density at radius 2 is 2.05 bits per heavy atom. The van der Waals surface area contributed by atoms with Gasteiger partial charge in [0, 0.05) is 18.3 Å². The molecule has 2 N–H and O–H groups in total. The molecule has 5 heteroatoms. The molecule has 0 radical (unpaired) electrons. The third-order valence-corrected chi connectivity index (χ3v) is 6.59. The summed E-state index contributed by atoms with van der Waals surface area (Å²) in [6, 6.07) is 5.52. The molecule has 3 unspecified atom stereocenters. The van der Waals surface area contributed by atoms with Crippen LogP contribution in [-0.4, -0.2) is 21.0 Å². The van der Waals surface area contributed by atoms with Crippen molar-refractivity contribution in [1.82, 2.24) is 4.72 Å². The van der Waals surface area contributed by atoms with E-state index < -0.39 is 10.0 Å². The first-order chi connectivity index (χ1) is 9.97. The van der Waals surface area contributed by atoms with Gasteiger partial charge in [-0.05, 0) is 55.2 Å². The van der Waals surface area contributed by atoms with E-state index in [1.165, 1.54) is 5.56 Å². The molecule has 1 heterocycles. The van der Waals surface area contributed by atoms with Crippen molar-refractivity contribution < 1.29 is 8.42 Å². The fourth-order valence-electron chi connectivity index (χ4n) is 3.41. The summed E-state index contributed by atoms with van der Waals surface area (Å²) >= 11 is 0. The zero-order valence-electron chi connectivity index (χ0n) is 12.7. The molecule has 1 aromatic rings. The van der Waals surface area contributed by atoms with Crippen molar-refractivity contribution in [2.24, 2.45) is 11.8 Å². The van der Waals surface area contributed by atoms with Gasteiger partial charge in [-0.3, -0.25) is 0 Å². The molecule has 0 aromatic heterocycles. The normalized spacial score (nSPS) is 29.0. The highest BCUT2D eigenvalue weighted by Gasteiger charge is 2.33. The first kappa shape index (κ1) is 14.9. The van der Waals surface area contributed by atoms with E-state index in [4.69, 9.17) is 0 Å². The fraction of sp³-hybridized carbons (Fsp3) is 0.625. The zero-order valence-corrected chi connectivity index (χ0v) is 13.5. The van der Waals surface area contributed by atoms with Gasteiger partial charge in [-0.25, -0.2) is 13.1 Å². The standard InChI is InChI=1S/C16H24N2O2S/c1-11-5-8-15(12(11)2)18-21(19,20)14-7-6-13-4-3-9-17-16(13)10-14/h6-7,10-12,15,17-18H,3-5,8-9H2,1-2H3. The van der Waals surface area contributed by atoms with Gasteiger partial charge in [-0.2, -0.15) is 0 Å². The molecule has 3 atom stereocenters. The van der Waals surface area contributed by atoms with Crippen LogP contribution in [0.25, 0.3) is 0 Å². The molecule has 1 aliphatic heterocycles. The Kier molecular flexibility index (Phi) is 3.97. The SMILES string of the molecule is CC1CCC(NS(=O)(=O)c2ccc3c(c2)NCCC3)C1C. The van der Waals surface area contributed by atoms with Crippen LogP contribution in [0.2, 0.25) is 0 Å². The topological polar surface area (TPSA) is 58.2 Å². The molecule has 21 heavy (non-hydrogen) atoms. The summed E-state index contributed by atoms with van der Waals surface area (Å²) in [5.74, 6) is 0.985. The molecule has 0 spiro atoms. The highest BCUT2D eigenvalue weighted by molar-refractivity contribution is 7.89. The molecule has 0 amide bonds. The third kappa shape index (κ3) is 2.94. The molecule has 0 bridgehead atoms. The van der Waals surface area contributed by atoms with Crippen molar-refractivity contribution in [3.05, 3.63) is 23.8 Å². The predicted molar refractivity (Wildman–Crippen MR) is 84.9 cm³/mol. The van der Waals surface area contributed by atoms with E-state index in [1.54, 1.807) is 12.1 Å². The average Bonchev–Trinajstić information content (AvgIpc) is 2.78. The van der Waals surface area contributed by atoms with E-state index in [0.29, 0.717) is 16.7 Å². The molecule has 116 valence electrons. The molecule has 1 fully saturated rings. The van der Waals surface area contributed by atoms with E-state index in [-0.39, 0.29) is 6.04 Å². The van der Waals surface area contributed by atoms with Crippen molar-refractivity contribution in [2.45, 2.75) is 50.5 Å². The summed E-state index contributed by atoms with van der Waals surface area (Å²) in [6.07, 6.45) is 4.16. The number of fused-ring (bicyclic) bond motifs is 1. The van der Waals surface area contributed by atoms with Crippen molar-refractivity contribution in [2.75, 3.05) is 11.9 Å². The van der Waals surface area contributed by atoms with Gasteiger partial charge in [0.05, 0.1) is 4.90 Å². The van der Waals surface area contributed by atoms with Crippen LogP contribution < -0.4 is 10.0 Å². The smallest absolute Gasteiger partial charge is 0.240 e. The van der Waals surface area contributed by atoms with E-state index in [1.807, 2.05) is 6.07 Å². The first-order valence-electron chi connectivity index (χ1n) is 7.86. The summed E-state index contributed by atoms with van der Waals surface area (Å²) in [5.41, 5.74) is 2.18. The molecule has 4 nitrogen and oxygen atoms in total. The second kappa shape index (κ2) is 5.61. The van der Waals surface area contributed by atoms with Crippen molar-refractivity contribution in [3.63, 3.8) is 0 Å². The van der Waals surface area contributed by atoms with E-state index in [0.717, 1.165) is 37.9 Å². The number of rotatable bonds is 3. The minimum Gasteiger partial charge on any atom is -0.385 e. The molecule has 1 aromatic carbocycles. The average molecular weight is 308 g/mol. The Balaban J connectivity index is 1.82. The number of hydrogen-bond acceptors (Lipinski definition) is 3. The van der Waals surface area contributed by atoms with Crippen LogP contribution in [0.1, 0.15) is 38.7 Å². The Bertz CT molecular complexity index is 627. The monoisotopic (exact) mass is 308 g/mol. The summed E-state index contributed by atoms with van der Waals surface area (Å²) in [7, 11) is -3.42. The highest BCUT2D eigenvalue weighted by Crippen LogP contribution is 2.32. The Labute approximate surface area is 127 Å². The third-order valence-electron chi connectivity index (χ3n) is 5.10. The quantitative estimate of drug-likeness (QED) is 0.902. The molecule has 1 saturated carbocycles. The van der Waals surface area contributed by atoms with Gasteiger partial charge in [-0.15, -0.1) is 0 Å².